The Morgan fingerprint density at radius 2 is 2.07 bits per heavy atom. The number of hydrogen-bond donors (Lipinski definition) is 1. The van der Waals surface area contributed by atoms with Gasteiger partial charge in [-0.15, -0.1) is 0 Å². The van der Waals surface area contributed by atoms with E-state index in [1.54, 1.807) is 0 Å². The van der Waals surface area contributed by atoms with E-state index in [0.29, 0.717) is 6.54 Å². The predicted molar refractivity (Wildman–Crippen MR) is 58.4 cm³/mol. The summed E-state index contributed by atoms with van der Waals surface area (Å²) in [7, 11) is 0. The predicted octanol–water partition coefficient (Wildman–Crippen LogP) is 1.26. The van der Waals surface area contributed by atoms with Gasteiger partial charge in [-0.25, -0.2) is 0 Å². The number of para-hydroxylation sites is 1. The van der Waals surface area contributed by atoms with E-state index >= 15 is 0 Å². The SMILES string of the molecule is CCN(CCNC=O)c1ccccc1. The van der Waals surface area contributed by atoms with Gasteiger partial charge in [0.25, 0.3) is 0 Å². The van der Waals surface area contributed by atoms with Crippen LogP contribution in [0.2, 0.25) is 0 Å². The zero-order chi connectivity index (χ0) is 10.2. The Balaban J connectivity index is 2.50. The third-order valence-electron chi connectivity index (χ3n) is 2.11. The zero-order valence-corrected chi connectivity index (χ0v) is 8.44. The molecule has 1 rings (SSSR count). The van der Waals surface area contributed by atoms with Gasteiger partial charge in [0.2, 0.25) is 6.41 Å². The van der Waals surface area contributed by atoms with Gasteiger partial charge in [-0.05, 0) is 19.1 Å². The van der Waals surface area contributed by atoms with Crippen molar-refractivity contribution < 1.29 is 4.79 Å². The number of hydrogen-bond acceptors (Lipinski definition) is 2. The summed E-state index contributed by atoms with van der Waals surface area (Å²) < 4.78 is 0. The Kier molecular flexibility index (Phi) is 4.55. The fourth-order valence-corrected chi connectivity index (χ4v) is 1.37. The molecule has 1 amide bonds. The van der Waals surface area contributed by atoms with E-state index < -0.39 is 0 Å². The Hall–Kier alpha value is -1.51. The Labute approximate surface area is 84.7 Å². The second-order valence-electron chi connectivity index (χ2n) is 2.99. The largest absolute Gasteiger partial charge is 0.370 e. The van der Waals surface area contributed by atoms with Crippen LogP contribution in [-0.2, 0) is 4.79 Å². The minimum Gasteiger partial charge on any atom is -0.370 e. The first-order chi connectivity index (χ1) is 6.88. The number of carbonyl (C=O) groups is 1. The van der Waals surface area contributed by atoms with E-state index in [-0.39, 0.29) is 0 Å². The molecule has 0 saturated carbocycles. The zero-order valence-electron chi connectivity index (χ0n) is 8.44. The third kappa shape index (κ3) is 3.09. The van der Waals surface area contributed by atoms with Gasteiger partial charge < -0.3 is 10.2 Å². The van der Waals surface area contributed by atoms with Crippen molar-refractivity contribution in [2.75, 3.05) is 24.5 Å². The molecule has 0 unspecified atom stereocenters. The van der Waals surface area contributed by atoms with Crippen molar-refractivity contribution in [3.63, 3.8) is 0 Å². The summed E-state index contributed by atoms with van der Waals surface area (Å²) in [4.78, 5) is 12.3. The summed E-state index contributed by atoms with van der Waals surface area (Å²) in [5.74, 6) is 0. The molecular weight excluding hydrogens is 176 g/mol. The maximum atomic E-state index is 10.1. The summed E-state index contributed by atoms with van der Waals surface area (Å²) in [6, 6.07) is 10.2. The molecule has 0 heterocycles. The lowest BCUT2D eigenvalue weighted by atomic mass is 10.3. The third-order valence-corrected chi connectivity index (χ3v) is 2.11. The molecule has 14 heavy (non-hydrogen) atoms. The maximum Gasteiger partial charge on any atom is 0.207 e. The van der Waals surface area contributed by atoms with Gasteiger partial charge in [-0.1, -0.05) is 18.2 Å². The highest BCUT2D eigenvalue weighted by Crippen LogP contribution is 2.11. The molecule has 0 aliphatic heterocycles. The maximum absolute atomic E-state index is 10.1. The van der Waals surface area contributed by atoms with Crippen LogP contribution in [0.1, 0.15) is 6.92 Å². The van der Waals surface area contributed by atoms with Crippen molar-refractivity contribution >= 4 is 12.1 Å². The second kappa shape index (κ2) is 6.02. The standard InChI is InChI=1S/C11H16N2O/c1-2-13(9-8-12-10-14)11-6-4-3-5-7-11/h3-7,10H,2,8-9H2,1H3,(H,12,14). The summed E-state index contributed by atoms with van der Waals surface area (Å²) >= 11 is 0. The number of anilines is 1. The van der Waals surface area contributed by atoms with Crippen molar-refractivity contribution in [1.82, 2.24) is 5.32 Å². The first-order valence-electron chi connectivity index (χ1n) is 4.85. The fraction of sp³-hybridized carbons (Fsp3) is 0.364. The Bertz CT molecular complexity index is 261. The van der Waals surface area contributed by atoms with Crippen LogP contribution in [0.15, 0.2) is 30.3 Å². The van der Waals surface area contributed by atoms with E-state index in [2.05, 4.69) is 29.3 Å². The lowest BCUT2D eigenvalue weighted by molar-refractivity contribution is -0.109. The van der Waals surface area contributed by atoms with E-state index in [1.165, 1.54) is 5.69 Å². The molecule has 0 radical (unpaired) electrons. The minimum absolute atomic E-state index is 0.687. The highest BCUT2D eigenvalue weighted by Gasteiger charge is 2.01. The number of nitrogens with one attached hydrogen (secondary N) is 1. The fourth-order valence-electron chi connectivity index (χ4n) is 1.37. The molecule has 3 heteroatoms. The van der Waals surface area contributed by atoms with Crippen LogP contribution in [0.3, 0.4) is 0 Å². The van der Waals surface area contributed by atoms with Crippen LogP contribution < -0.4 is 10.2 Å². The number of amides is 1. The molecule has 0 saturated heterocycles. The number of carbonyl (C=O) groups excluding carboxylic acids is 1. The number of benzene rings is 1. The lowest BCUT2D eigenvalue weighted by Crippen LogP contribution is -2.31. The number of likely N-dealkylation sites (N-methyl/N-ethyl adjacent to an activating group) is 1. The van der Waals surface area contributed by atoms with Gasteiger partial charge in [0.05, 0.1) is 0 Å². The molecule has 0 spiro atoms. The van der Waals surface area contributed by atoms with Gasteiger partial charge in [0.15, 0.2) is 0 Å². The van der Waals surface area contributed by atoms with Crippen molar-refractivity contribution in [2.24, 2.45) is 0 Å². The van der Waals surface area contributed by atoms with E-state index in [0.717, 1.165) is 19.5 Å². The van der Waals surface area contributed by atoms with Crippen LogP contribution in [0, 0.1) is 0 Å². The Morgan fingerprint density at radius 3 is 2.64 bits per heavy atom. The lowest BCUT2D eigenvalue weighted by Gasteiger charge is -2.22. The van der Waals surface area contributed by atoms with Crippen molar-refractivity contribution in [1.29, 1.82) is 0 Å². The summed E-state index contributed by atoms with van der Waals surface area (Å²) in [5.41, 5.74) is 1.20. The molecule has 3 nitrogen and oxygen atoms in total. The molecule has 0 aliphatic rings. The van der Waals surface area contributed by atoms with Crippen LogP contribution in [-0.4, -0.2) is 26.0 Å². The molecule has 0 atom stereocenters. The molecular formula is C11H16N2O. The van der Waals surface area contributed by atoms with Gasteiger partial charge >= 0.3 is 0 Å². The Morgan fingerprint density at radius 1 is 1.36 bits per heavy atom. The first-order valence-corrected chi connectivity index (χ1v) is 4.85. The van der Waals surface area contributed by atoms with Crippen LogP contribution in [0.5, 0.6) is 0 Å². The average molecular weight is 192 g/mol. The van der Waals surface area contributed by atoms with E-state index in [9.17, 15) is 4.79 Å². The van der Waals surface area contributed by atoms with Crippen molar-refractivity contribution in [2.45, 2.75) is 6.92 Å². The summed E-state index contributed by atoms with van der Waals surface area (Å²) in [6.07, 6.45) is 0.735. The molecule has 1 aromatic carbocycles. The van der Waals surface area contributed by atoms with Gasteiger partial charge in [0, 0.05) is 25.3 Å². The average Bonchev–Trinajstić information content (AvgIpc) is 2.26. The van der Waals surface area contributed by atoms with E-state index in [4.69, 9.17) is 0 Å². The number of nitrogens with zero attached hydrogens (tertiary/aromatic N) is 1. The van der Waals surface area contributed by atoms with Gasteiger partial charge in [-0.3, -0.25) is 4.79 Å². The second-order valence-corrected chi connectivity index (χ2v) is 2.99. The molecule has 1 N–H and O–H groups in total. The van der Waals surface area contributed by atoms with Crippen LogP contribution >= 0.6 is 0 Å². The van der Waals surface area contributed by atoms with E-state index in [1.807, 2.05) is 18.2 Å². The van der Waals surface area contributed by atoms with Gasteiger partial charge in [-0.2, -0.15) is 0 Å². The normalized spacial score (nSPS) is 9.50. The van der Waals surface area contributed by atoms with Gasteiger partial charge in [0.1, 0.15) is 0 Å². The highest BCUT2D eigenvalue weighted by molar-refractivity contribution is 5.47. The van der Waals surface area contributed by atoms with Crippen LogP contribution in [0.4, 0.5) is 5.69 Å². The minimum atomic E-state index is 0.687. The summed E-state index contributed by atoms with van der Waals surface area (Å²) in [5, 5.41) is 2.66. The first kappa shape index (κ1) is 10.6. The van der Waals surface area contributed by atoms with Crippen molar-refractivity contribution in [3.8, 4) is 0 Å². The van der Waals surface area contributed by atoms with Crippen LogP contribution in [0.25, 0.3) is 0 Å². The monoisotopic (exact) mass is 192 g/mol. The van der Waals surface area contributed by atoms with Crippen molar-refractivity contribution in [3.05, 3.63) is 30.3 Å². The molecule has 0 aliphatic carbocycles. The topological polar surface area (TPSA) is 32.3 Å². The molecule has 0 aromatic heterocycles. The smallest absolute Gasteiger partial charge is 0.207 e. The summed E-state index contributed by atoms with van der Waals surface area (Å²) in [6.45, 7) is 4.59. The molecule has 76 valence electrons. The quantitative estimate of drug-likeness (QED) is 0.543. The molecule has 0 fully saturated rings. The molecule has 0 bridgehead atoms. The molecule has 1 aromatic rings. The highest BCUT2D eigenvalue weighted by atomic mass is 16.1. The number of rotatable bonds is 6.